The van der Waals surface area contributed by atoms with Crippen LogP contribution in [0.5, 0.6) is 5.75 Å². The van der Waals surface area contributed by atoms with Crippen molar-refractivity contribution < 1.29 is 13.9 Å². The van der Waals surface area contributed by atoms with Crippen LogP contribution in [0.25, 0.3) is 0 Å². The van der Waals surface area contributed by atoms with Gasteiger partial charge in [0.1, 0.15) is 11.6 Å². The van der Waals surface area contributed by atoms with Crippen molar-refractivity contribution in [2.24, 2.45) is 0 Å². The Balaban J connectivity index is 2.04. The molecule has 2 aromatic rings. The summed E-state index contributed by atoms with van der Waals surface area (Å²) in [6, 6.07) is 11.6. The molecule has 1 N–H and O–H groups in total. The van der Waals surface area contributed by atoms with Crippen molar-refractivity contribution >= 4 is 35.0 Å². The summed E-state index contributed by atoms with van der Waals surface area (Å²) < 4.78 is 18.3. The van der Waals surface area contributed by atoms with Gasteiger partial charge in [0, 0.05) is 4.90 Å². The second kappa shape index (κ2) is 7.51. The third-order valence-electron chi connectivity index (χ3n) is 2.94. The minimum Gasteiger partial charge on any atom is -0.495 e. The predicted molar refractivity (Wildman–Crippen MR) is 88.4 cm³/mol. The van der Waals surface area contributed by atoms with E-state index in [2.05, 4.69) is 5.32 Å². The van der Waals surface area contributed by atoms with Crippen molar-refractivity contribution in [2.45, 2.75) is 17.1 Å². The van der Waals surface area contributed by atoms with Gasteiger partial charge < -0.3 is 10.1 Å². The largest absolute Gasteiger partial charge is 0.495 e. The zero-order chi connectivity index (χ0) is 16.1. The number of para-hydroxylation sites is 2. The summed E-state index contributed by atoms with van der Waals surface area (Å²) in [5, 5.41) is 2.49. The van der Waals surface area contributed by atoms with E-state index in [4.69, 9.17) is 16.3 Å². The van der Waals surface area contributed by atoms with Crippen molar-refractivity contribution in [3.05, 3.63) is 53.3 Å². The molecule has 0 aliphatic carbocycles. The highest BCUT2D eigenvalue weighted by Crippen LogP contribution is 2.29. The quantitative estimate of drug-likeness (QED) is 0.808. The third-order valence-corrected chi connectivity index (χ3v) is 4.32. The van der Waals surface area contributed by atoms with E-state index in [0.29, 0.717) is 11.4 Å². The number of carbonyl (C=O) groups is 1. The number of rotatable bonds is 5. The first kappa shape index (κ1) is 16.6. The zero-order valence-corrected chi connectivity index (χ0v) is 13.7. The van der Waals surface area contributed by atoms with Crippen molar-refractivity contribution in [1.29, 1.82) is 0 Å². The first-order valence-corrected chi connectivity index (χ1v) is 7.82. The molecule has 3 nitrogen and oxygen atoms in total. The molecule has 0 heterocycles. The van der Waals surface area contributed by atoms with Crippen LogP contribution in [0, 0.1) is 5.82 Å². The number of amides is 1. The molecule has 0 radical (unpaired) electrons. The average Bonchev–Trinajstić information content (AvgIpc) is 2.51. The van der Waals surface area contributed by atoms with Gasteiger partial charge in [0.25, 0.3) is 0 Å². The van der Waals surface area contributed by atoms with Gasteiger partial charge in [-0.05, 0) is 37.3 Å². The highest BCUT2D eigenvalue weighted by molar-refractivity contribution is 8.00. The Hall–Kier alpha value is -1.72. The fraction of sp³-hybridized carbons (Fsp3) is 0.188. The van der Waals surface area contributed by atoms with Crippen LogP contribution in [0.2, 0.25) is 5.02 Å². The molecule has 116 valence electrons. The molecule has 1 atom stereocenters. The SMILES string of the molecule is COc1ccccc1NC(=O)[C@@H](C)Sc1ccc(F)c(Cl)c1. The van der Waals surface area contributed by atoms with Crippen LogP contribution >= 0.6 is 23.4 Å². The Morgan fingerprint density at radius 3 is 2.73 bits per heavy atom. The van der Waals surface area contributed by atoms with Crippen LogP contribution < -0.4 is 10.1 Å². The molecule has 0 saturated heterocycles. The molecule has 1 amide bonds. The fourth-order valence-corrected chi connectivity index (χ4v) is 2.94. The molecule has 22 heavy (non-hydrogen) atoms. The van der Waals surface area contributed by atoms with Gasteiger partial charge in [0.15, 0.2) is 0 Å². The number of halogens is 2. The van der Waals surface area contributed by atoms with Gasteiger partial charge in [-0.15, -0.1) is 11.8 Å². The maximum Gasteiger partial charge on any atom is 0.237 e. The third kappa shape index (κ3) is 4.15. The van der Waals surface area contributed by atoms with Gasteiger partial charge >= 0.3 is 0 Å². The first-order chi connectivity index (χ1) is 10.5. The second-order valence-corrected chi connectivity index (χ2v) is 6.35. The van der Waals surface area contributed by atoms with Gasteiger partial charge in [0.05, 0.1) is 23.1 Å². The number of thioether (sulfide) groups is 1. The number of hydrogen-bond donors (Lipinski definition) is 1. The molecule has 0 aromatic heterocycles. The molecule has 0 spiro atoms. The van der Waals surface area contributed by atoms with Crippen molar-refractivity contribution in [3.8, 4) is 5.75 Å². The number of nitrogens with one attached hydrogen (secondary N) is 1. The lowest BCUT2D eigenvalue weighted by molar-refractivity contribution is -0.115. The van der Waals surface area contributed by atoms with Crippen LogP contribution in [-0.2, 0) is 4.79 Å². The Labute approximate surface area is 137 Å². The lowest BCUT2D eigenvalue weighted by atomic mass is 10.3. The molecule has 0 fully saturated rings. The minimum atomic E-state index is -0.475. The van der Waals surface area contributed by atoms with Gasteiger partial charge in [-0.3, -0.25) is 4.79 Å². The molecule has 6 heteroatoms. The number of benzene rings is 2. The molecular formula is C16H15ClFNO2S. The topological polar surface area (TPSA) is 38.3 Å². The van der Waals surface area contributed by atoms with E-state index in [1.165, 1.54) is 23.9 Å². The highest BCUT2D eigenvalue weighted by Gasteiger charge is 2.16. The molecule has 2 aromatic carbocycles. The highest BCUT2D eigenvalue weighted by atomic mass is 35.5. The van der Waals surface area contributed by atoms with Crippen LogP contribution in [0.1, 0.15) is 6.92 Å². The molecule has 0 aliphatic heterocycles. The summed E-state index contributed by atoms with van der Waals surface area (Å²) in [6.07, 6.45) is 0. The summed E-state index contributed by atoms with van der Waals surface area (Å²) >= 11 is 7.04. The van der Waals surface area contributed by atoms with Crippen LogP contribution in [0.4, 0.5) is 10.1 Å². The van der Waals surface area contributed by atoms with E-state index in [-0.39, 0.29) is 16.2 Å². The number of carbonyl (C=O) groups excluding carboxylic acids is 1. The first-order valence-electron chi connectivity index (χ1n) is 6.57. The number of hydrogen-bond acceptors (Lipinski definition) is 3. The van der Waals surface area contributed by atoms with Gasteiger partial charge in [-0.1, -0.05) is 23.7 Å². The second-order valence-electron chi connectivity index (χ2n) is 4.53. The monoisotopic (exact) mass is 339 g/mol. The lowest BCUT2D eigenvalue weighted by Gasteiger charge is -2.14. The maximum absolute atomic E-state index is 13.1. The van der Waals surface area contributed by atoms with E-state index in [0.717, 1.165) is 4.90 Å². The van der Waals surface area contributed by atoms with Crippen LogP contribution in [0.3, 0.4) is 0 Å². The summed E-state index contributed by atoms with van der Waals surface area (Å²) in [7, 11) is 1.55. The zero-order valence-electron chi connectivity index (χ0n) is 12.1. The Morgan fingerprint density at radius 1 is 1.32 bits per heavy atom. The average molecular weight is 340 g/mol. The molecule has 0 aliphatic rings. The minimum absolute atomic E-state index is 0.0438. The van der Waals surface area contributed by atoms with E-state index < -0.39 is 5.82 Å². The summed E-state index contributed by atoms with van der Waals surface area (Å²) in [5.74, 6) is -0.0510. The Bertz CT molecular complexity index is 681. The Kier molecular flexibility index (Phi) is 5.69. The number of ether oxygens (including phenoxy) is 1. The van der Waals surface area contributed by atoms with Crippen LogP contribution in [0.15, 0.2) is 47.4 Å². The van der Waals surface area contributed by atoms with Gasteiger partial charge in [-0.2, -0.15) is 0 Å². The Morgan fingerprint density at radius 2 is 2.05 bits per heavy atom. The smallest absolute Gasteiger partial charge is 0.237 e. The van der Waals surface area contributed by atoms with E-state index in [1.807, 2.05) is 12.1 Å². The molecule has 0 unspecified atom stereocenters. The molecular weight excluding hydrogens is 325 g/mol. The standard InChI is InChI=1S/C16H15ClFNO2S/c1-10(22-11-7-8-13(18)12(17)9-11)16(20)19-14-5-3-4-6-15(14)21-2/h3-10H,1-2H3,(H,19,20)/t10-/m1/s1. The van der Waals surface area contributed by atoms with Crippen LogP contribution in [-0.4, -0.2) is 18.3 Å². The van der Waals surface area contributed by atoms with E-state index in [9.17, 15) is 9.18 Å². The fourth-order valence-electron chi connectivity index (χ4n) is 1.79. The molecule has 0 bridgehead atoms. The van der Waals surface area contributed by atoms with Crippen molar-refractivity contribution in [2.75, 3.05) is 12.4 Å². The van der Waals surface area contributed by atoms with Gasteiger partial charge in [-0.25, -0.2) is 4.39 Å². The van der Waals surface area contributed by atoms with E-state index in [1.54, 1.807) is 32.2 Å². The van der Waals surface area contributed by atoms with Crippen molar-refractivity contribution in [1.82, 2.24) is 0 Å². The van der Waals surface area contributed by atoms with Crippen molar-refractivity contribution in [3.63, 3.8) is 0 Å². The number of anilines is 1. The predicted octanol–water partition coefficient (Wildman–Crippen LogP) is 4.61. The molecule has 2 rings (SSSR count). The summed E-state index contributed by atoms with van der Waals surface area (Å²) in [5.41, 5.74) is 0.611. The summed E-state index contributed by atoms with van der Waals surface area (Å²) in [4.78, 5) is 13.0. The molecule has 0 saturated carbocycles. The van der Waals surface area contributed by atoms with Gasteiger partial charge in [0.2, 0.25) is 5.91 Å². The summed E-state index contributed by atoms with van der Waals surface area (Å²) in [6.45, 7) is 1.77. The normalized spacial score (nSPS) is 11.8. The maximum atomic E-state index is 13.1. The lowest BCUT2D eigenvalue weighted by Crippen LogP contribution is -2.22. The number of methoxy groups -OCH3 is 1. The van der Waals surface area contributed by atoms with E-state index >= 15 is 0 Å².